The number of hydrogen-bond donors (Lipinski definition) is 0. The van der Waals surface area contributed by atoms with Gasteiger partial charge in [-0.1, -0.05) is 116 Å². The number of nitrogens with zero attached hydrogens (tertiary/aromatic N) is 2. The van der Waals surface area contributed by atoms with Crippen molar-refractivity contribution in [1.29, 1.82) is 0 Å². The van der Waals surface area contributed by atoms with Gasteiger partial charge in [0.25, 0.3) is 0 Å². The van der Waals surface area contributed by atoms with Crippen molar-refractivity contribution in [1.82, 2.24) is 0 Å². The molecule has 5 rings (SSSR count). The third-order valence-electron chi connectivity index (χ3n) is 10.3. The van der Waals surface area contributed by atoms with Crippen LogP contribution in [-0.4, -0.2) is 0 Å². The van der Waals surface area contributed by atoms with Gasteiger partial charge in [0.05, 0.1) is 11.4 Å². The molecular weight excluding hydrogens is 605 g/mol. The molecule has 1 unspecified atom stereocenters. The topological polar surface area (TPSA) is 6.48 Å². The van der Waals surface area contributed by atoms with Crippen LogP contribution in [0.4, 0.5) is 34.1 Å². The Balaban J connectivity index is 1.67. The van der Waals surface area contributed by atoms with E-state index in [1.165, 1.54) is 74.4 Å². The SMILES string of the molecule is CCCC(C)c1ccc(N(c2ccc(N(c3ccc(C)cc3)c3c(C)cc(C(C)(C)C)cc3C)cc2)c2c(C)cc(C(C)(C)C)cc2C)cc1. The van der Waals surface area contributed by atoms with Gasteiger partial charge in [0.2, 0.25) is 0 Å². The summed E-state index contributed by atoms with van der Waals surface area (Å²) in [7, 11) is 0. The van der Waals surface area contributed by atoms with Crippen molar-refractivity contribution in [2.45, 2.75) is 120 Å². The molecule has 0 aliphatic rings. The fraction of sp³-hybridized carbons (Fsp3) is 0.375. The van der Waals surface area contributed by atoms with Gasteiger partial charge in [-0.15, -0.1) is 0 Å². The van der Waals surface area contributed by atoms with Crippen LogP contribution in [0, 0.1) is 34.6 Å². The Kier molecular flexibility index (Phi) is 10.7. The first-order chi connectivity index (χ1) is 23.5. The molecule has 5 aromatic rings. The van der Waals surface area contributed by atoms with E-state index in [2.05, 4.69) is 197 Å². The van der Waals surface area contributed by atoms with Crippen molar-refractivity contribution < 1.29 is 0 Å². The quantitative estimate of drug-likeness (QED) is 0.155. The van der Waals surface area contributed by atoms with E-state index >= 15 is 0 Å². The highest BCUT2D eigenvalue weighted by atomic mass is 15.2. The van der Waals surface area contributed by atoms with Crippen LogP contribution < -0.4 is 9.80 Å². The minimum Gasteiger partial charge on any atom is -0.310 e. The minimum absolute atomic E-state index is 0.0817. The summed E-state index contributed by atoms with van der Waals surface area (Å²) in [6, 6.07) is 36.9. The molecule has 1 atom stereocenters. The Morgan fingerprint density at radius 1 is 0.480 bits per heavy atom. The largest absolute Gasteiger partial charge is 0.310 e. The van der Waals surface area contributed by atoms with Crippen molar-refractivity contribution >= 4 is 34.1 Å². The van der Waals surface area contributed by atoms with E-state index in [-0.39, 0.29) is 10.8 Å². The van der Waals surface area contributed by atoms with Crippen LogP contribution in [-0.2, 0) is 10.8 Å². The van der Waals surface area contributed by atoms with E-state index in [0.717, 1.165) is 17.1 Å². The number of hydrogen-bond acceptors (Lipinski definition) is 2. The summed E-state index contributed by atoms with van der Waals surface area (Å²) in [4.78, 5) is 4.89. The van der Waals surface area contributed by atoms with Crippen molar-refractivity contribution in [2.75, 3.05) is 9.80 Å². The molecule has 2 heteroatoms. The smallest absolute Gasteiger partial charge is 0.0520 e. The van der Waals surface area contributed by atoms with Gasteiger partial charge in [-0.2, -0.15) is 0 Å². The van der Waals surface area contributed by atoms with Crippen molar-refractivity contribution in [3.05, 3.63) is 142 Å². The first-order valence-corrected chi connectivity index (χ1v) is 18.6. The van der Waals surface area contributed by atoms with Crippen LogP contribution >= 0.6 is 0 Å². The van der Waals surface area contributed by atoms with E-state index in [1.807, 2.05) is 0 Å². The number of rotatable bonds is 9. The highest BCUT2D eigenvalue weighted by molar-refractivity contribution is 5.85. The average Bonchev–Trinajstić information content (AvgIpc) is 3.04. The van der Waals surface area contributed by atoms with Gasteiger partial charge >= 0.3 is 0 Å². The fourth-order valence-electron chi connectivity index (χ4n) is 7.29. The molecule has 0 radical (unpaired) electrons. The number of anilines is 6. The third-order valence-corrected chi connectivity index (χ3v) is 10.3. The normalized spacial score (nSPS) is 12.6. The average molecular weight is 665 g/mol. The molecule has 0 aliphatic carbocycles. The standard InChI is InChI=1S/C48H60N2/c1-14-15-33(3)38-18-22-42(23-19-38)50(46-36(6)30-40(31-37(46)7)48(11,12)13)44-26-24-43(25-27-44)49(41-20-16-32(2)17-21-41)45-34(4)28-39(29-35(45)5)47(8,9)10/h16-31,33H,14-15H2,1-13H3. The number of aryl methyl sites for hydroxylation is 5. The predicted molar refractivity (Wildman–Crippen MR) is 220 cm³/mol. The molecule has 0 heterocycles. The lowest BCUT2D eigenvalue weighted by molar-refractivity contribution is 0.589. The van der Waals surface area contributed by atoms with Crippen molar-refractivity contribution in [2.24, 2.45) is 0 Å². The van der Waals surface area contributed by atoms with Crippen molar-refractivity contribution in [3.63, 3.8) is 0 Å². The van der Waals surface area contributed by atoms with E-state index in [1.54, 1.807) is 0 Å². The Morgan fingerprint density at radius 3 is 1.08 bits per heavy atom. The Hall–Kier alpha value is -4.30. The van der Waals surface area contributed by atoms with E-state index in [0.29, 0.717) is 5.92 Å². The van der Waals surface area contributed by atoms with E-state index in [4.69, 9.17) is 0 Å². The van der Waals surface area contributed by atoms with Crippen LogP contribution in [0.1, 0.15) is 119 Å². The van der Waals surface area contributed by atoms with E-state index in [9.17, 15) is 0 Å². The molecule has 0 aliphatic heterocycles. The van der Waals surface area contributed by atoms with Gasteiger partial charge in [0, 0.05) is 22.7 Å². The lowest BCUT2D eigenvalue weighted by atomic mass is 9.84. The second-order valence-corrected chi connectivity index (χ2v) is 16.7. The maximum absolute atomic E-state index is 2.46. The van der Waals surface area contributed by atoms with Gasteiger partial charge in [-0.3, -0.25) is 0 Å². The van der Waals surface area contributed by atoms with Crippen LogP contribution in [0.15, 0.2) is 97.1 Å². The molecule has 0 aromatic heterocycles. The van der Waals surface area contributed by atoms with Crippen molar-refractivity contribution in [3.8, 4) is 0 Å². The highest BCUT2D eigenvalue weighted by Crippen LogP contribution is 2.44. The number of benzene rings is 5. The van der Waals surface area contributed by atoms with E-state index < -0.39 is 0 Å². The van der Waals surface area contributed by atoms with Gasteiger partial charge in [-0.05, 0) is 145 Å². The first-order valence-electron chi connectivity index (χ1n) is 18.6. The molecule has 5 aromatic carbocycles. The van der Waals surface area contributed by atoms with Gasteiger partial charge < -0.3 is 9.80 Å². The zero-order chi connectivity index (χ0) is 36.5. The summed E-state index contributed by atoms with van der Waals surface area (Å²) in [6.07, 6.45) is 2.39. The van der Waals surface area contributed by atoms with Crippen LogP contribution in [0.5, 0.6) is 0 Å². The summed E-state index contributed by atoms with van der Waals surface area (Å²) >= 11 is 0. The maximum atomic E-state index is 2.46. The molecule has 262 valence electrons. The Labute approximate surface area is 304 Å². The summed E-state index contributed by atoms with van der Waals surface area (Å²) in [5.41, 5.74) is 17.8. The lowest BCUT2D eigenvalue weighted by Crippen LogP contribution is -2.17. The van der Waals surface area contributed by atoms with Gasteiger partial charge in [0.1, 0.15) is 0 Å². The van der Waals surface area contributed by atoms with Crippen LogP contribution in [0.25, 0.3) is 0 Å². The zero-order valence-electron chi connectivity index (χ0n) is 33.1. The molecule has 0 N–H and O–H groups in total. The molecule has 2 nitrogen and oxygen atoms in total. The molecule has 50 heavy (non-hydrogen) atoms. The summed E-state index contributed by atoms with van der Waals surface area (Å²) < 4.78 is 0. The third kappa shape index (κ3) is 7.86. The Bertz CT molecular complexity index is 1870. The summed E-state index contributed by atoms with van der Waals surface area (Å²) in [6.45, 7) is 29.6. The zero-order valence-corrected chi connectivity index (χ0v) is 33.1. The molecular formula is C48H60N2. The Morgan fingerprint density at radius 2 is 0.780 bits per heavy atom. The fourth-order valence-corrected chi connectivity index (χ4v) is 7.29. The second kappa shape index (κ2) is 14.5. The summed E-state index contributed by atoms with van der Waals surface area (Å²) in [5.74, 6) is 0.549. The molecule has 0 bridgehead atoms. The molecule has 0 fully saturated rings. The molecule has 0 amide bonds. The second-order valence-electron chi connectivity index (χ2n) is 16.7. The van der Waals surface area contributed by atoms with Gasteiger partial charge in [0.15, 0.2) is 0 Å². The lowest BCUT2D eigenvalue weighted by Gasteiger charge is -2.33. The molecule has 0 saturated carbocycles. The maximum Gasteiger partial charge on any atom is 0.0520 e. The minimum atomic E-state index is 0.0817. The van der Waals surface area contributed by atoms with Crippen LogP contribution in [0.3, 0.4) is 0 Å². The molecule has 0 saturated heterocycles. The monoisotopic (exact) mass is 664 g/mol. The summed E-state index contributed by atoms with van der Waals surface area (Å²) in [5, 5.41) is 0. The van der Waals surface area contributed by atoms with Gasteiger partial charge in [-0.25, -0.2) is 0 Å². The first kappa shape index (κ1) is 37.0. The van der Waals surface area contributed by atoms with Crippen LogP contribution in [0.2, 0.25) is 0 Å². The molecule has 0 spiro atoms. The predicted octanol–water partition coefficient (Wildman–Crippen LogP) is 14.7. The highest BCUT2D eigenvalue weighted by Gasteiger charge is 2.24.